The normalized spacial score (nSPS) is 29.9. The van der Waals surface area contributed by atoms with Gasteiger partial charge in [0.2, 0.25) is 0 Å². The van der Waals surface area contributed by atoms with Crippen molar-refractivity contribution in [3.63, 3.8) is 0 Å². The highest BCUT2D eigenvalue weighted by Crippen LogP contribution is 2.29. The molecule has 0 aromatic carbocycles. The third-order valence-electron chi connectivity index (χ3n) is 5.24. The molecule has 2 rings (SSSR count). The van der Waals surface area contributed by atoms with Gasteiger partial charge in [-0.05, 0) is 12.8 Å². The van der Waals surface area contributed by atoms with Crippen molar-refractivity contribution in [1.29, 1.82) is 0 Å². The molecule has 24 heavy (non-hydrogen) atoms. The second-order valence-electron chi connectivity index (χ2n) is 6.97. The lowest BCUT2D eigenvalue weighted by molar-refractivity contribution is -0.155. The zero-order valence-electron chi connectivity index (χ0n) is 14.4. The van der Waals surface area contributed by atoms with Gasteiger partial charge < -0.3 is 9.47 Å². The van der Waals surface area contributed by atoms with E-state index in [1.807, 2.05) is 0 Å². The molecule has 0 aromatic heterocycles. The van der Waals surface area contributed by atoms with Crippen LogP contribution in [0.5, 0.6) is 0 Å². The average molecular weight is 338 g/mol. The predicted octanol–water partition coefficient (Wildman–Crippen LogP) is 2.78. The Labute approximate surface area is 142 Å². The molecule has 0 bridgehead atoms. The molecular formula is C18H26O6. The summed E-state index contributed by atoms with van der Waals surface area (Å²) in [5.74, 6) is -2.72. The quantitative estimate of drug-likeness (QED) is 0.365. The van der Waals surface area contributed by atoms with Crippen LogP contribution < -0.4 is 0 Å². The smallest absolute Gasteiger partial charge is 0.317 e. The molecule has 0 aromatic rings. The van der Waals surface area contributed by atoms with Crippen molar-refractivity contribution < 1.29 is 28.7 Å². The summed E-state index contributed by atoms with van der Waals surface area (Å²) in [6, 6.07) is 0. The standard InChI is InChI=1S/C18H26O6/c1-11-13(17(21)23-15(11)19)9-7-5-3-4-6-8-10-14-12(2)16(20)24-18(14)22/h11-14H,3-10H2,1-2H3. The van der Waals surface area contributed by atoms with E-state index in [0.717, 1.165) is 38.5 Å². The molecule has 4 atom stereocenters. The van der Waals surface area contributed by atoms with Crippen LogP contribution in [0, 0.1) is 23.7 Å². The van der Waals surface area contributed by atoms with Gasteiger partial charge in [0.25, 0.3) is 0 Å². The fourth-order valence-electron chi connectivity index (χ4n) is 3.44. The van der Waals surface area contributed by atoms with Crippen molar-refractivity contribution in [2.24, 2.45) is 23.7 Å². The highest BCUT2D eigenvalue weighted by atomic mass is 16.6. The Kier molecular flexibility index (Phi) is 6.52. The molecular weight excluding hydrogens is 312 g/mol. The van der Waals surface area contributed by atoms with Gasteiger partial charge in [-0.25, -0.2) is 0 Å². The van der Waals surface area contributed by atoms with Gasteiger partial charge in [0.05, 0.1) is 23.7 Å². The topological polar surface area (TPSA) is 86.7 Å². The van der Waals surface area contributed by atoms with Crippen LogP contribution in [0.4, 0.5) is 0 Å². The number of unbranched alkanes of at least 4 members (excludes halogenated alkanes) is 5. The lowest BCUT2D eigenvalue weighted by Gasteiger charge is -2.09. The second kappa shape index (κ2) is 8.40. The monoisotopic (exact) mass is 338 g/mol. The van der Waals surface area contributed by atoms with Crippen LogP contribution in [-0.4, -0.2) is 23.9 Å². The Morgan fingerprint density at radius 3 is 1.21 bits per heavy atom. The van der Waals surface area contributed by atoms with Crippen molar-refractivity contribution in [2.75, 3.05) is 0 Å². The maximum absolute atomic E-state index is 11.5. The fraction of sp³-hybridized carbons (Fsp3) is 0.778. The summed E-state index contributed by atoms with van der Waals surface area (Å²) in [4.78, 5) is 45.6. The average Bonchev–Trinajstić information content (AvgIpc) is 2.91. The highest BCUT2D eigenvalue weighted by molar-refractivity contribution is 5.96. The molecule has 2 aliphatic rings. The fourth-order valence-corrected chi connectivity index (χ4v) is 3.44. The number of hydrogen-bond donors (Lipinski definition) is 0. The van der Waals surface area contributed by atoms with Gasteiger partial charge in [-0.2, -0.15) is 0 Å². The number of carbonyl (C=O) groups excluding carboxylic acids is 4. The molecule has 0 radical (unpaired) electrons. The van der Waals surface area contributed by atoms with Crippen LogP contribution in [0.1, 0.15) is 65.2 Å². The molecule has 6 heteroatoms. The van der Waals surface area contributed by atoms with Crippen LogP contribution >= 0.6 is 0 Å². The van der Waals surface area contributed by atoms with Gasteiger partial charge in [0.1, 0.15) is 0 Å². The van der Waals surface area contributed by atoms with Gasteiger partial charge in [0.15, 0.2) is 0 Å². The zero-order valence-corrected chi connectivity index (χ0v) is 14.4. The summed E-state index contributed by atoms with van der Waals surface area (Å²) < 4.78 is 9.26. The predicted molar refractivity (Wildman–Crippen MR) is 84.4 cm³/mol. The minimum absolute atomic E-state index is 0.273. The van der Waals surface area contributed by atoms with Crippen LogP contribution in [0.15, 0.2) is 0 Å². The first-order valence-corrected chi connectivity index (χ1v) is 8.93. The second-order valence-corrected chi connectivity index (χ2v) is 6.97. The molecule has 6 nitrogen and oxygen atoms in total. The lowest BCUT2D eigenvalue weighted by atomic mass is 9.90. The Bertz CT molecular complexity index is 466. The summed E-state index contributed by atoms with van der Waals surface area (Å²) in [7, 11) is 0. The molecule has 0 amide bonds. The third-order valence-corrected chi connectivity index (χ3v) is 5.24. The van der Waals surface area contributed by atoms with Gasteiger partial charge in [-0.1, -0.05) is 52.4 Å². The van der Waals surface area contributed by atoms with Crippen molar-refractivity contribution >= 4 is 23.9 Å². The molecule has 2 fully saturated rings. The van der Waals surface area contributed by atoms with E-state index < -0.39 is 11.9 Å². The first-order chi connectivity index (χ1) is 11.4. The SMILES string of the molecule is CC1C(=O)OC(=O)C1CCCCCCCCC1C(=O)OC(=O)C1C. The number of esters is 4. The highest BCUT2D eigenvalue weighted by Gasteiger charge is 2.41. The Morgan fingerprint density at radius 1 is 0.583 bits per heavy atom. The zero-order chi connectivity index (χ0) is 17.7. The van der Waals surface area contributed by atoms with Crippen LogP contribution in [0.2, 0.25) is 0 Å². The molecule has 2 aliphatic heterocycles. The number of carbonyl (C=O) groups is 4. The molecule has 0 saturated carbocycles. The maximum Gasteiger partial charge on any atom is 0.317 e. The summed E-state index contributed by atoms with van der Waals surface area (Å²) >= 11 is 0. The number of cyclic esters (lactones) is 4. The number of rotatable bonds is 9. The van der Waals surface area contributed by atoms with Gasteiger partial charge >= 0.3 is 23.9 Å². The minimum atomic E-state index is -0.400. The van der Waals surface area contributed by atoms with Crippen molar-refractivity contribution in [3.8, 4) is 0 Å². The Balaban J connectivity index is 1.50. The first kappa shape index (κ1) is 18.6. The van der Waals surface area contributed by atoms with Crippen molar-refractivity contribution in [2.45, 2.75) is 65.2 Å². The largest absolute Gasteiger partial charge is 0.393 e. The number of hydrogen-bond acceptors (Lipinski definition) is 6. The lowest BCUT2D eigenvalue weighted by Crippen LogP contribution is -2.14. The summed E-state index contributed by atoms with van der Waals surface area (Å²) in [5, 5.41) is 0. The Hall–Kier alpha value is -1.72. The molecule has 134 valence electrons. The molecule has 0 spiro atoms. The Morgan fingerprint density at radius 2 is 0.917 bits per heavy atom. The van der Waals surface area contributed by atoms with Crippen LogP contribution in [-0.2, 0) is 28.7 Å². The molecule has 2 heterocycles. The van der Waals surface area contributed by atoms with E-state index in [-0.39, 0.29) is 35.6 Å². The van der Waals surface area contributed by atoms with E-state index in [4.69, 9.17) is 0 Å². The molecule has 2 saturated heterocycles. The van der Waals surface area contributed by atoms with Crippen LogP contribution in [0.25, 0.3) is 0 Å². The third kappa shape index (κ3) is 4.42. The number of ether oxygens (including phenoxy) is 2. The summed E-state index contributed by atoms with van der Waals surface area (Å²) in [5.41, 5.74) is 0. The molecule has 4 unspecified atom stereocenters. The molecule has 0 aliphatic carbocycles. The van der Waals surface area contributed by atoms with E-state index in [0.29, 0.717) is 12.8 Å². The minimum Gasteiger partial charge on any atom is -0.393 e. The van der Waals surface area contributed by atoms with Gasteiger partial charge in [-0.3, -0.25) is 19.2 Å². The summed E-state index contributed by atoms with van der Waals surface area (Å²) in [6.45, 7) is 3.50. The molecule has 0 N–H and O–H groups in total. The van der Waals surface area contributed by atoms with E-state index in [9.17, 15) is 19.2 Å². The summed E-state index contributed by atoms with van der Waals surface area (Å²) in [6.07, 6.45) is 7.41. The van der Waals surface area contributed by atoms with E-state index in [1.165, 1.54) is 0 Å². The van der Waals surface area contributed by atoms with Crippen LogP contribution in [0.3, 0.4) is 0 Å². The van der Waals surface area contributed by atoms with E-state index >= 15 is 0 Å². The van der Waals surface area contributed by atoms with Gasteiger partial charge in [-0.15, -0.1) is 0 Å². The maximum atomic E-state index is 11.5. The van der Waals surface area contributed by atoms with Crippen molar-refractivity contribution in [3.05, 3.63) is 0 Å². The van der Waals surface area contributed by atoms with E-state index in [1.54, 1.807) is 13.8 Å². The van der Waals surface area contributed by atoms with Crippen molar-refractivity contribution in [1.82, 2.24) is 0 Å². The van der Waals surface area contributed by atoms with Gasteiger partial charge in [0, 0.05) is 0 Å². The first-order valence-electron chi connectivity index (χ1n) is 8.93. The van der Waals surface area contributed by atoms with E-state index in [2.05, 4.69) is 9.47 Å².